The van der Waals surface area contributed by atoms with Crippen molar-refractivity contribution in [3.63, 3.8) is 0 Å². The molecule has 0 amide bonds. The lowest BCUT2D eigenvalue weighted by molar-refractivity contribution is 0.268. The molecular weight excluding hydrogens is 196 g/mol. The largest absolute Gasteiger partial charge is 0.481 e. The fourth-order valence-electron chi connectivity index (χ4n) is 0.812. The third-order valence-electron chi connectivity index (χ3n) is 1.43. The van der Waals surface area contributed by atoms with Crippen LogP contribution in [0.15, 0.2) is 0 Å². The van der Waals surface area contributed by atoms with Gasteiger partial charge in [0.2, 0.25) is 5.88 Å². The fourth-order valence-corrected chi connectivity index (χ4v) is 1.02. The third kappa shape index (κ3) is 1.99. The van der Waals surface area contributed by atoms with Crippen LogP contribution in [0.2, 0.25) is 5.15 Å². The van der Waals surface area contributed by atoms with Gasteiger partial charge in [-0.05, 0) is 0 Å². The Labute approximate surface area is 80.3 Å². The molecule has 0 aromatic carbocycles. The van der Waals surface area contributed by atoms with Crippen molar-refractivity contribution < 1.29 is 14.6 Å². The van der Waals surface area contributed by atoms with Crippen molar-refractivity contribution in [2.24, 2.45) is 0 Å². The van der Waals surface area contributed by atoms with Crippen molar-refractivity contribution in [1.82, 2.24) is 9.97 Å². The Morgan fingerprint density at radius 3 is 2.46 bits per heavy atom. The second-order valence-electron chi connectivity index (χ2n) is 2.15. The van der Waals surface area contributed by atoms with Gasteiger partial charge in [-0.2, -0.15) is 9.97 Å². The number of aromatic nitrogens is 2. The number of methoxy groups -OCH3 is 2. The van der Waals surface area contributed by atoms with Gasteiger partial charge in [-0.25, -0.2) is 0 Å². The molecule has 0 aliphatic heterocycles. The maximum atomic E-state index is 8.91. The van der Waals surface area contributed by atoms with Crippen molar-refractivity contribution in [3.8, 4) is 11.9 Å². The highest BCUT2D eigenvalue weighted by molar-refractivity contribution is 6.30. The van der Waals surface area contributed by atoms with Crippen LogP contribution in [0.25, 0.3) is 0 Å². The standard InChI is InChI=1S/C7H9ClN2O3/c1-12-6-4(3-11)5(8)9-7(10-6)13-2/h11H,3H2,1-2H3. The zero-order chi connectivity index (χ0) is 9.84. The predicted octanol–water partition coefficient (Wildman–Crippen LogP) is 0.639. The predicted molar refractivity (Wildman–Crippen MR) is 46.1 cm³/mol. The molecule has 0 saturated heterocycles. The summed E-state index contributed by atoms with van der Waals surface area (Å²) in [4.78, 5) is 7.60. The smallest absolute Gasteiger partial charge is 0.320 e. The van der Waals surface area contributed by atoms with Gasteiger partial charge >= 0.3 is 6.01 Å². The Morgan fingerprint density at radius 2 is 2.00 bits per heavy atom. The summed E-state index contributed by atoms with van der Waals surface area (Å²) < 4.78 is 9.65. The van der Waals surface area contributed by atoms with Crippen LogP contribution < -0.4 is 9.47 Å². The van der Waals surface area contributed by atoms with E-state index in [2.05, 4.69) is 9.97 Å². The van der Waals surface area contributed by atoms with Crippen molar-refractivity contribution in [3.05, 3.63) is 10.7 Å². The van der Waals surface area contributed by atoms with Crippen molar-refractivity contribution in [2.45, 2.75) is 6.61 Å². The third-order valence-corrected chi connectivity index (χ3v) is 1.74. The minimum absolute atomic E-state index is 0.110. The molecule has 1 heterocycles. The van der Waals surface area contributed by atoms with Crippen LogP contribution in [-0.2, 0) is 6.61 Å². The summed E-state index contributed by atoms with van der Waals surface area (Å²) in [7, 11) is 2.85. The number of hydrogen-bond acceptors (Lipinski definition) is 5. The first-order valence-electron chi connectivity index (χ1n) is 3.48. The number of aliphatic hydroxyl groups excluding tert-OH is 1. The molecule has 1 N–H and O–H groups in total. The van der Waals surface area contributed by atoms with Gasteiger partial charge in [0.15, 0.2) is 0 Å². The molecule has 0 spiro atoms. The number of nitrogens with zero attached hydrogens (tertiary/aromatic N) is 2. The molecule has 0 bridgehead atoms. The molecule has 72 valence electrons. The lowest BCUT2D eigenvalue weighted by Crippen LogP contribution is -2.01. The molecule has 0 aliphatic rings. The summed E-state index contributed by atoms with van der Waals surface area (Å²) in [5, 5.41) is 9.04. The Balaban J connectivity index is 3.20. The number of aliphatic hydroxyl groups is 1. The Hall–Kier alpha value is -1.07. The fraction of sp³-hybridized carbons (Fsp3) is 0.429. The highest BCUT2D eigenvalue weighted by Gasteiger charge is 2.12. The van der Waals surface area contributed by atoms with Crippen LogP contribution in [0.5, 0.6) is 11.9 Å². The first-order chi connectivity index (χ1) is 6.22. The van der Waals surface area contributed by atoms with Crippen LogP contribution in [0.4, 0.5) is 0 Å². The Bertz CT molecular complexity index is 306. The summed E-state index contributed by atoms with van der Waals surface area (Å²) >= 11 is 5.72. The molecule has 13 heavy (non-hydrogen) atoms. The average molecular weight is 205 g/mol. The van der Waals surface area contributed by atoms with Gasteiger partial charge in [0, 0.05) is 0 Å². The molecule has 1 aromatic heterocycles. The molecule has 0 fully saturated rings. The summed E-state index contributed by atoms with van der Waals surface area (Å²) in [6.07, 6.45) is 0. The molecule has 0 saturated carbocycles. The van der Waals surface area contributed by atoms with Gasteiger partial charge in [0.05, 0.1) is 26.4 Å². The van der Waals surface area contributed by atoms with Gasteiger partial charge in [-0.1, -0.05) is 11.6 Å². The topological polar surface area (TPSA) is 64.5 Å². The monoisotopic (exact) mass is 204 g/mol. The first-order valence-corrected chi connectivity index (χ1v) is 3.86. The number of halogens is 1. The number of rotatable bonds is 3. The molecule has 0 radical (unpaired) electrons. The summed E-state index contributed by atoms with van der Waals surface area (Å²) in [6, 6.07) is 0.110. The molecule has 1 rings (SSSR count). The summed E-state index contributed by atoms with van der Waals surface area (Å²) in [5.74, 6) is 0.222. The van der Waals surface area contributed by atoms with E-state index in [1.807, 2.05) is 0 Å². The van der Waals surface area contributed by atoms with E-state index < -0.39 is 0 Å². The van der Waals surface area contributed by atoms with Crippen LogP contribution in [0, 0.1) is 0 Å². The van der Waals surface area contributed by atoms with E-state index in [-0.39, 0.29) is 23.7 Å². The highest BCUT2D eigenvalue weighted by Crippen LogP contribution is 2.24. The van der Waals surface area contributed by atoms with Crippen LogP contribution in [0.3, 0.4) is 0 Å². The second kappa shape index (κ2) is 4.25. The zero-order valence-corrected chi connectivity index (χ0v) is 8.00. The maximum absolute atomic E-state index is 8.91. The SMILES string of the molecule is COc1nc(Cl)c(CO)c(OC)n1. The van der Waals surface area contributed by atoms with Crippen molar-refractivity contribution in [1.29, 1.82) is 0 Å². The molecule has 1 aromatic rings. The van der Waals surface area contributed by atoms with E-state index in [1.165, 1.54) is 14.2 Å². The van der Waals surface area contributed by atoms with E-state index in [1.54, 1.807) is 0 Å². The number of ether oxygens (including phenoxy) is 2. The average Bonchev–Trinajstić information content (AvgIpc) is 2.16. The van der Waals surface area contributed by atoms with E-state index in [9.17, 15) is 0 Å². The van der Waals surface area contributed by atoms with Crippen molar-refractivity contribution in [2.75, 3.05) is 14.2 Å². The molecular formula is C7H9ClN2O3. The molecule has 6 heteroatoms. The molecule has 5 nitrogen and oxygen atoms in total. The van der Waals surface area contributed by atoms with Gasteiger partial charge in [0.25, 0.3) is 0 Å². The van der Waals surface area contributed by atoms with E-state index in [4.69, 9.17) is 26.2 Å². The van der Waals surface area contributed by atoms with Gasteiger partial charge in [-0.15, -0.1) is 0 Å². The zero-order valence-electron chi connectivity index (χ0n) is 7.24. The van der Waals surface area contributed by atoms with Crippen LogP contribution in [0.1, 0.15) is 5.56 Å². The quantitative estimate of drug-likeness (QED) is 0.732. The Morgan fingerprint density at radius 1 is 1.31 bits per heavy atom. The molecule has 0 unspecified atom stereocenters. The summed E-state index contributed by atoms with van der Waals surface area (Å²) in [5.41, 5.74) is 0.352. The van der Waals surface area contributed by atoms with E-state index in [0.717, 1.165) is 0 Å². The van der Waals surface area contributed by atoms with Gasteiger partial charge in [0.1, 0.15) is 5.15 Å². The Kier molecular flexibility index (Phi) is 3.27. The van der Waals surface area contributed by atoms with Gasteiger partial charge < -0.3 is 14.6 Å². The minimum atomic E-state index is -0.272. The van der Waals surface area contributed by atoms with Gasteiger partial charge in [-0.3, -0.25) is 0 Å². The highest BCUT2D eigenvalue weighted by atomic mass is 35.5. The normalized spacial score (nSPS) is 9.85. The lowest BCUT2D eigenvalue weighted by Gasteiger charge is -2.07. The van der Waals surface area contributed by atoms with Crippen molar-refractivity contribution >= 4 is 11.6 Å². The minimum Gasteiger partial charge on any atom is -0.481 e. The maximum Gasteiger partial charge on any atom is 0.320 e. The molecule has 0 aliphatic carbocycles. The first kappa shape index (κ1) is 10.0. The lowest BCUT2D eigenvalue weighted by atomic mass is 10.3. The van der Waals surface area contributed by atoms with E-state index in [0.29, 0.717) is 5.56 Å². The van der Waals surface area contributed by atoms with E-state index >= 15 is 0 Å². The summed E-state index contributed by atoms with van der Waals surface area (Å²) in [6.45, 7) is -0.272. The number of hydrogen-bond donors (Lipinski definition) is 1. The second-order valence-corrected chi connectivity index (χ2v) is 2.51. The molecule has 0 atom stereocenters. The van der Waals surface area contributed by atoms with Crippen LogP contribution in [-0.4, -0.2) is 29.3 Å². The van der Waals surface area contributed by atoms with Crippen LogP contribution >= 0.6 is 11.6 Å².